The molecule has 13 heavy (non-hydrogen) atoms. The minimum atomic E-state index is 0.223. The lowest BCUT2D eigenvalue weighted by molar-refractivity contribution is 0.446. The second-order valence-corrected chi connectivity index (χ2v) is 3.52. The molecule has 0 aromatic carbocycles. The van der Waals surface area contributed by atoms with Crippen LogP contribution in [-0.2, 0) is 0 Å². The van der Waals surface area contributed by atoms with E-state index in [1.165, 1.54) is 0 Å². The molecule has 70 valence electrons. The van der Waals surface area contributed by atoms with Crippen molar-refractivity contribution in [1.29, 1.82) is 0 Å². The van der Waals surface area contributed by atoms with E-state index in [1.807, 2.05) is 12.1 Å². The summed E-state index contributed by atoms with van der Waals surface area (Å²) in [5.41, 5.74) is 0. The Morgan fingerprint density at radius 3 is 3.15 bits per heavy atom. The number of rotatable bonds is 5. The summed E-state index contributed by atoms with van der Waals surface area (Å²) >= 11 is 1.77. The molecular weight excluding hydrogens is 182 g/mol. The van der Waals surface area contributed by atoms with Gasteiger partial charge in [-0.2, -0.15) is 11.8 Å². The summed E-state index contributed by atoms with van der Waals surface area (Å²) in [6.45, 7) is 0.575. The summed E-state index contributed by atoms with van der Waals surface area (Å²) in [6.07, 6.45) is 8.92. The lowest BCUT2D eigenvalue weighted by Gasteiger charge is -2.12. The molecule has 0 aliphatic heterocycles. The van der Waals surface area contributed by atoms with Crippen LogP contribution in [0.25, 0.3) is 0 Å². The highest BCUT2D eigenvalue weighted by atomic mass is 32.2. The first-order valence-corrected chi connectivity index (χ1v) is 5.47. The van der Waals surface area contributed by atoms with Crippen molar-refractivity contribution in [2.24, 2.45) is 0 Å². The first kappa shape index (κ1) is 10.2. The molecule has 1 aromatic rings. The van der Waals surface area contributed by atoms with Crippen LogP contribution in [-0.4, -0.2) is 18.6 Å². The van der Waals surface area contributed by atoms with Crippen molar-refractivity contribution in [2.45, 2.75) is 6.04 Å². The lowest BCUT2D eigenvalue weighted by atomic mass is 10.2. The zero-order valence-corrected chi connectivity index (χ0v) is 8.43. The summed E-state index contributed by atoms with van der Waals surface area (Å²) in [7, 11) is 0. The molecule has 0 saturated carbocycles. The molecular formula is C10H13NOS. The Morgan fingerprint density at radius 2 is 2.62 bits per heavy atom. The van der Waals surface area contributed by atoms with Gasteiger partial charge in [-0.1, -0.05) is 5.92 Å². The van der Waals surface area contributed by atoms with E-state index in [-0.39, 0.29) is 6.04 Å². The van der Waals surface area contributed by atoms with Crippen molar-refractivity contribution >= 4 is 11.8 Å². The molecule has 0 bridgehead atoms. The van der Waals surface area contributed by atoms with E-state index in [2.05, 4.69) is 17.5 Å². The summed E-state index contributed by atoms with van der Waals surface area (Å²) in [4.78, 5) is 0. The van der Waals surface area contributed by atoms with Gasteiger partial charge in [-0.05, 0) is 18.4 Å². The highest BCUT2D eigenvalue weighted by molar-refractivity contribution is 7.98. The van der Waals surface area contributed by atoms with E-state index < -0.39 is 0 Å². The zero-order valence-electron chi connectivity index (χ0n) is 7.62. The summed E-state index contributed by atoms with van der Waals surface area (Å²) in [6, 6.07) is 4.07. The van der Waals surface area contributed by atoms with E-state index in [1.54, 1.807) is 18.0 Å². The van der Waals surface area contributed by atoms with Crippen LogP contribution >= 0.6 is 11.8 Å². The second-order valence-electron chi connectivity index (χ2n) is 2.61. The normalized spacial score (nSPS) is 12.3. The number of hydrogen-bond acceptors (Lipinski definition) is 3. The largest absolute Gasteiger partial charge is 0.468 e. The molecule has 1 N–H and O–H groups in total. The molecule has 0 aliphatic rings. The molecule has 3 heteroatoms. The Labute approximate surface area is 83.1 Å². The Morgan fingerprint density at radius 1 is 1.77 bits per heavy atom. The van der Waals surface area contributed by atoms with Crippen LogP contribution in [0.3, 0.4) is 0 Å². The standard InChI is InChI=1S/C10H13NOS/c1-3-6-11-9(8-13-2)10-5-4-7-12-10/h1,4-5,7,9,11H,6,8H2,2H3. The van der Waals surface area contributed by atoms with Crippen molar-refractivity contribution in [3.8, 4) is 12.3 Å². The number of nitrogens with one attached hydrogen (secondary N) is 1. The fourth-order valence-corrected chi connectivity index (χ4v) is 1.70. The molecule has 0 amide bonds. The molecule has 0 saturated heterocycles. The topological polar surface area (TPSA) is 25.2 Å². The van der Waals surface area contributed by atoms with Gasteiger partial charge in [0, 0.05) is 5.75 Å². The number of thioether (sulfide) groups is 1. The fraction of sp³-hybridized carbons (Fsp3) is 0.400. The minimum Gasteiger partial charge on any atom is -0.468 e. The summed E-state index contributed by atoms with van der Waals surface area (Å²) in [5.74, 6) is 4.47. The Hall–Kier alpha value is -0.850. The van der Waals surface area contributed by atoms with Gasteiger partial charge in [0.2, 0.25) is 0 Å². The minimum absolute atomic E-state index is 0.223. The number of hydrogen-bond donors (Lipinski definition) is 1. The first-order valence-electron chi connectivity index (χ1n) is 4.07. The van der Waals surface area contributed by atoms with E-state index in [0.29, 0.717) is 6.54 Å². The molecule has 0 radical (unpaired) electrons. The van der Waals surface area contributed by atoms with Gasteiger partial charge in [-0.15, -0.1) is 6.42 Å². The molecule has 1 atom stereocenters. The van der Waals surface area contributed by atoms with Crippen LogP contribution in [0.15, 0.2) is 22.8 Å². The van der Waals surface area contributed by atoms with E-state index in [0.717, 1.165) is 11.5 Å². The Balaban J connectivity index is 2.53. The van der Waals surface area contributed by atoms with Gasteiger partial charge in [0.15, 0.2) is 0 Å². The second kappa shape index (κ2) is 5.74. The van der Waals surface area contributed by atoms with Gasteiger partial charge < -0.3 is 4.42 Å². The monoisotopic (exact) mass is 195 g/mol. The molecule has 1 heterocycles. The van der Waals surface area contributed by atoms with Gasteiger partial charge in [-0.3, -0.25) is 5.32 Å². The highest BCUT2D eigenvalue weighted by Crippen LogP contribution is 2.16. The maximum absolute atomic E-state index is 5.30. The van der Waals surface area contributed by atoms with E-state index in [9.17, 15) is 0 Å². The summed E-state index contributed by atoms with van der Waals surface area (Å²) < 4.78 is 5.30. The van der Waals surface area contributed by atoms with Crippen molar-refractivity contribution < 1.29 is 4.42 Å². The maximum Gasteiger partial charge on any atom is 0.121 e. The molecule has 1 aromatic heterocycles. The van der Waals surface area contributed by atoms with Crippen molar-refractivity contribution in [3.63, 3.8) is 0 Å². The Bertz CT molecular complexity index is 263. The third-order valence-corrected chi connectivity index (χ3v) is 2.34. The first-order chi connectivity index (χ1) is 6.38. The number of furan rings is 1. The zero-order chi connectivity index (χ0) is 9.52. The maximum atomic E-state index is 5.30. The smallest absolute Gasteiger partial charge is 0.121 e. The van der Waals surface area contributed by atoms with Gasteiger partial charge in [0.05, 0.1) is 18.8 Å². The van der Waals surface area contributed by atoms with Gasteiger partial charge in [0.1, 0.15) is 5.76 Å². The predicted molar refractivity (Wildman–Crippen MR) is 56.7 cm³/mol. The third kappa shape index (κ3) is 3.17. The molecule has 2 nitrogen and oxygen atoms in total. The van der Waals surface area contributed by atoms with Crippen LogP contribution in [0, 0.1) is 12.3 Å². The molecule has 0 fully saturated rings. The Kier molecular flexibility index (Phi) is 4.52. The molecule has 1 unspecified atom stereocenters. The average molecular weight is 195 g/mol. The predicted octanol–water partition coefficient (Wildman–Crippen LogP) is 1.91. The SMILES string of the molecule is C#CCNC(CSC)c1ccco1. The fourth-order valence-electron chi connectivity index (χ4n) is 1.08. The van der Waals surface area contributed by atoms with Crippen molar-refractivity contribution in [2.75, 3.05) is 18.6 Å². The van der Waals surface area contributed by atoms with Crippen LogP contribution in [0.4, 0.5) is 0 Å². The average Bonchev–Trinajstić information content (AvgIpc) is 2.65. The molecule has 1 rings (SSSR count). The highest BCUT2D eigenvalue weighted by Gasteiger charge is 2.11. The van der Waals surface area contributed by atoms with Gasteiger partial charge in [0.25, 0.3) is 0 Å². The van der Waals surface area contributed by atoms with Crippen LogP contribution in [0.1, 0.15) is 11.8 Å². The third-order valence-electron chi connectivity index (χ3n) is 1.67. The number of terminal acetylenes is 1. The summed E-state index contributed by atoms with van der Waals surface area (Å²) in [5, 5.41) is 3.22. The van der Waals surface area contributed by atoms with Gasteiger partial charge >= 0.3 is 0 Å². The quantitative estimate of drug-likeness (QED) is 0.726. The van der Waals surface area contributed by atoms with Crippen molar-refractivity contribution in [3.05, 3.63) is 24.2 Å². The lowest BCUT2D eigenvalue weighted by Crippen LogP contribution is -2.23. The molecule has 0 aliphatic carbocycles. The van der Waals surface area contributed by atoms with Crippen LogP contribution in [0.5, 0.6) is 0 Å². The molecule has 0 spiro atoms. The van der Waals surface area contributed by atoms with Crippen LogP contribution < -0.4 is 5.32 Å². The van der Waals surface area contributed by atoms with Crippen molar-refractivity contribution in [1.82, 2.24) is 5.32 Å². The van der Waals surface area contributed by atoms with E-state index in [4.69, 9.17) is 10.8 Å². The van der Waals surface area contributed by atoms with Gasteiger partial charge in [-0.25, -0.2) is 0 Å². The van der Waals surface area contributed by atoms with E-state index >= 15 is 0 Å². The van der Waals surface area contributed by atoms with Crippen LogP contribution in [0.2, 0.25) is 0 Å².